The van der Waals surface area contributed by atoms with Gasteiger partial charge >= 0.3 is 23.9 Å². The zero-order valence-electron chi connectivity index (χ0n) is 47.5. The monoisotopic (exact) mass is 1180 g/mol. The molecule has 2 aliphatic rings. The largest absolute Gasteiger partial charge is 0.487 e. The molecule has 2 saturated heterocycles. The number of aryl methyl sites for hydroxylation is 2. The van der Waals surface area contributed by atoms with Crippen LogP contribution in [0.2, 0.25) is 0 Å². The van der Waals surface area contributed by atoms with Gasteiger partial charge in [0.15, 0.2) is 22.7 Å². The second-order valence-corrected chi connectivity index (χ2v) is 23.4. The number of aliphatic hydroxyl groups excluding tert-OH is 2. The molecule has 8 aromatic rings. The molecule has 0 saturated carbocycles. The summed E-state index contributed by atoms with van der Waals surface area (Å²) in [6.07, 6.45) is 11.6. The molecule has 448 valence electrons. The van der Waals surface area contributed by atoms with E-state index in [1.165, 1.54) is 33.0 Å². The number of carboxylic acids is 4. The lowest BCUT2D eigenvalue weighted by molar-refractivity contribution is -0.159. The first-order chi connectivity index (χ1) is 39.4. The standard InChI is InChI=1S/2C29H36N2O3S.2C2H2O4.H2O/c2*1-30(2)15-6-9-25-24-8-3-4-11-27(24)35-29(25)22-12-16-31(17-13-22)19-23(32)20-34-26-10-5-7-21-14-18-33-28(21)26;2*3-1(4)2(5)6;/h2*3-5,7-8,10-11,14,18,22-23,32H,6,9,12-13,15-17,19-20H2,1-2H3;2*(H,3,4)(H,5,6);1H2/t2*23-;;;/m00.../s1. The number of aliphatic hydroxyl groups is 2. The van der Waals surface area contributed by atoms with Gasteiger partial charge in [0.1, 0.15) is 25.4 Å². The van der Waals surface area contributed by atoms with E-state index in [0.29, 0.717) is 36.4 Å². The van der Waals surface area contributed by atoms with Crippen molar-refractivity contribution in [2.75, 3.05) is 93.8 Å². The Kier molecular flexibility index (Phi) is 25.3. The van der Waals surface area contributed by atoms with Gasteiger partial charge in [0.25, 0.3) is 0 Å². The lowest BCUT2D eigenvalue weighted by Crippen LogP contribution is -2.40. The first kappa shape index (κ1) is 65.2. The zero-order chi connectivity index (χ0) is 58.7. The molecule has 0 unspecified atom stereocenters. The Bertz CT molecular complexity index is 3070. The van der Waals surface area contributed by atoms with Crippen molar-refractivity contribution in [3.63, 3.8) is 0 Å². The molecule has 10 rings (SSSR count). The molecular formula is C62H78N4O15S2. The minimum Gasteiger partial charge on any atom is -0.487 e. The molecule has 0 bridgehead atoms. The fourth-order valence-corrected chi connectivity index (χ4v) is 13.4. The molecule has 0 aliphatic carbocycles. The number of furan rings is 2. The van der Waals surface area contributed by atoms with Crippen molar-refractivity contribution in [2.45, 2.75) is 75.4 Å². The smallest absolute Gasteiger partial charge is 0.414 e. The molecule has 0 radical (unpaired) electrons. The van der Waals surface area contributed by atoms with Crippen LogP contribution in [0.15, 0.2) is 118 Å². The van der Waals surface area contributed by atoms with E-state index in [2.05, 4.69) is 96.3 Å². The van der Waals surface area contributed by atoms with Gasteiger partial charge in [0.05, 0.1) is 12.5 Å². The maximum absolute atomic E-state index is 10.7. The van der Waals surface area contributed by atoms with E-state index in [0.717, 1.165) is 99.7 Å². The van der Waals surface area contributed by atoms with Gasteiger partial charge < -0.3 is 74.0 Å². The van der Waals surface area contributed by atoms with E-state index >= 15 is 0 Å². The van der Waals surface area contributed by atoms with Crippen LogP contribution >= 0.6 is 22.7 Å². The highest BCUT2D eigenvalue weighted by atomic mass is 32.1. The first-order valence-electron chi connectivity index (χ1n) is 27.7. The van der Waals surface area contributed by atoms with Gasteiger partial charge in [-0.15, -0.1) is 22.7 Å². The fourth-order valence-electron chi connectivity index (χ4n) is 10.5. The molecule has 0 amide bonds. The minimum absolute atomic E-state index is 0. The van der Waals surface area contributed by atoms with Crippen LogP contribution < -0.4 is 9.47 Å². The van der Waals surface area contributed by atoms with Crippen LogP contribution in [-0.4, -0.2) is 186 Å². The summed E-state index contributed by atoms with van der Waals surface area (Å²) < 4.78 is 25.7. The SMILES string of the molecule is CN(C)CCCc1c(C2CCN(C[C@H](O)COc3cccc4ccoc34)CC2)sc2ccccc12.CN(C)CCCc1c(C2CCN(C[C@H](O)COc3cccc4ccoc34)CC2)sc2ccccc12.O.O=C(O)C(=O)O.O=C(O)C(=O)O. The molecule has 4 aromatic heterocycles. The number of carboxylic acid groups (broad SMARTS) is 4. The lowest BCUT2D eigenvalue weighted by Gasteiger charge is -2.33. The van der Waals surface area contributed by atoms with Gasteiger partial charge in [-0.1, -0.05) is 60.7 Å². The van der Waals surface area contributed by atoms with E-state index in [-0.39, 0.29) is 18.7 Å². The number of thiophene rings is 2. The maximum atomic E-state index is 10.7. The van der Waals surface area contributed by atoms with Gasteiger partial charge in [-0.3, -0.25) is 0 Å². The number of fused-ring (bicyclic) bond motifs is 4. The summed E-state index contributed by atoms with van der Waals surface area (Å²) in [4.78, 5) is 48.9. The third-order valence-corrected chi connectivity index (χ3v) is 17.2. The minimum atomic E-state index is -1.82. The third kappa shape index (κ3) is 19.1. The number of benzene rings is 4. The number of rotatable bonds is 20. The molecule has 2 aliphatic heterocycles. The summed E-state index contributed by atoms with van der Waals surface area (Å²) >= 11 is 4.00. The predicted octanol–water partition coefficient (Wildman–Crippen LogP) is 9.01. The number of piperidine rings is 2. The van der Waals surface area contributed by atoms with Crippen molar-refractivity contribution in [1.82, 2.24) is 19.6 Å². The van der Waals surface area contributed by atoms with Crippen molar-refractivity contribution >= 4 is 88.7 Å². The predicted molar refractivity (Wildman–Crippen MR) is 324 cm³/mol. The Morgan fingerprint density at radius 1 is 0.542 bits per heavy atom. The summed E-state index contributed by atoms with van der Waals surface area (Å²) in [6, 6.07) is 33.3. The van der Waals surface area contributed by atoms with E-state index < -0.39 is 36.1 Å². The van der Waals surface area contributed by atoms with Crippen molar-refractivity contribution in [3.05, 3.63) is 130 Å². The maximum Gasteiger partial charge on any atom is 0.414 e. The number of para-hydroxylation sites is 2. The molecule has 2 atom stereocenters. The van der Waals surface area contributed by atoms with Crippen molar-refractivity contribution in [1.29, 1.82) is 0 Å². The van der Waals surface area contributed by atoms with Crippen LogP contribution in [0.4, 0.5) is 0 Å². The molecular weight excluding hydrogens is 1100 g/mol. The van der Waals surface area contributed by atoms with E-state index in [4.69, 9.17) is 57.9 Å². The van der Waals surface area contributed by atoms with Crippen molar-refractivity contribution < 1.29 is 73.6 Å². The van der Waals surface area contributed by atoms with Gasteiger partial charge in [-0.25, -0.2) is 19.2 Å². The average Bonchev–Trinajstić information content (AvgIpc) is 4.29. The number of hydrogen-bond acceptors (Lipinski definition) is 16. The van der Waals surface area contributed by atoms with Crippen LogP contribution in [0.25, 0.3) is 42.1 Å². The van der Waals surface area contributed by atoms with Crippen LogP contribution in [0.1, 0.15) is 71.2 Å². The number of hydrogen-bond donors (Lipinski definition) is 6. The average molecular weight is 1180 g/mol. The number of likely N-dealkylation sites (tertiary alicyclic amines) is 2. The Hall–Kier alpha value is -6.92. The topological polar surface area (TPSA) is 279 Å². The third-order valence-electron chi connectivity index (χ3n) is 14.5. The van der Waals surface area contributed by atoms with Crippen LogP contribution in [0.3, 0.4) is 0 Å². The number of nitrogens with zero attached hydrogens (tertiary/aromatic N) is 4. The van der Waals surface area contributed by atoms with E-state index in [1.54, 1.807) is 33.4 Å². The molecule has 19 nitrogen and oxygen atoms in total. The molecule has 21 heteroatoms. The molecule has 8 N–H and O–H groups in total. The summed E-state index contributed by atoms with van der Waals surface area (Å²) in [5, 5.41) is 55.8. The van der Waals surface area contributed by atoms with Crippen molar-refractivity contribution in [2.24, 2.45) is 0 Å². The Labute approximate surface area is 490 Å². The van der Waals surface area contributed by atoms with Crippen LogP contribution in [-0.2, 0) is 32.0 Å². The number of aliphatic carboxylic acids is 4. The Morgan fingerprint density at radius 3 is 1.25 bits per heavy atom. The zero-order valence-corrected chi connectivity index (χ0v) is 49.1. The van der Waals surface area contributed by atoms with Gasteiger partial charge in [0.2, 0.25) is 0 Å². The quantitative estimate of drug-likeness (QED) is 0.0388. The first-order valence-corrected chi connectivity index (χ1v) is 29.3. The molecule has 4 aromatic carbocycles. The Balaban J connectivity index is 0.000000221. The summed E-state index contributed by atoms with van der Waals surface area (Å²) in [7, 11) is 8.61. The van der Waals surface area contributed by atoms with Crippen molar-refractivity contribution in [3.8, 4) is 11.5 Å². The number of carbonyl (C=O) groups is 4. The highest BCUT2D eigenvalue weighted by molar-refractivity contribution is 7.19. The summed E-state index contributed by atoms with van der Waals surface area (Å²) in [6.45, 7) is 8.13. The second kappa shape index (κ2) is 32.2. The van der Waals surface area contributed by atoms with Gasteiger partial charge in [0, 0.05) is 43.0 Å². The highest BCUT2D eigenvalue weighted by Crippen LogP contribution is 2.43. The Morgan fingerprint density at radius 2 is 0.904 bits per heavy atom. The van der Waals surface area contributed by atoms with Crippen LogP contribution in [0, 0.1) is 0 Å². The normalized spacial score (nSPS) is 14.9. The second-order valence-electron chi connectivity index (χ2n) is 21.2. The van der Waals surface area contributed by atoms with Crippen LogP contribution in [0.5, 0.6) is 11.5 Å². The van der Waals surface area contributed by atoms with E-state index in [1.807, 2.05) is 71.2 Å². The summed E-state index contributed by atoms with van der Waals surface area (Å²) in [5.74, 6) is -4.69. The number of ether oxygens (including phenoxy) is 2. The molecule has 6 heterocycles. The highest BCUT2D eigenvalue weighted by Gasteiger charge is 2.28. The van der Waals surface area contributed by atoms with Gasteiger partial charge in [-0.05, 0) is 189 Å². The lowest BCUT2D eigenvalue weighted by atomic mass is 9.90. The molecule has 83 heavy (non-hydrogen) atoms. The molecule has 0 spiro atoms. The number of β-amino-alcohol motifs (C(OH)–C–C–N with tert-alkyl or cyclic N) is 2. The molecule has 2 fully saturated rings. The fraction of sp³-hybridized carbons (Fsp3) is 0.419. The van der Waals surface area contributed by atoms with Gasteiger partial charge in [-0.2, -0.15) is 0 Å². The van der Waals surface area contributed by atoms with E-state index in [9.17, 15) is 10.2 Å². The summed E-state index contributed by atoms with van der Waals surface area (Å²) in [5.41, 5.74) is 4.63.